The molecular weight excluding hydrogens is 454 g/mol. The summed E-state index contributed by atoms with van der Waals surface area (Å²) < 4.78 is 0. The largest absolute Gasteiger partial charge is 0.345 e. The molecule has 1 amide bonds. The van der Waals surface area contributed by atoms with Crippen LogP contribution in [0.5, 0.6) is 0 Å². The van der Waals surface area contributed by atoms with Gasteiger partial charge in [-0.3, -0.25) is 4.79 Å². The van der Waals surface area contributed by atoms with E-state index in [4.69, 9.17) is 9.97 Å². The molecule has 1 aliphatic rings. The van der Waals surface area contributed by atoms with Gasteiger partial charge in [-0.2, -0.15) is 0 Å². The maximum absolute atomic E-state index is 13.3. The summed E-state index contributed by atoms with van der Waals surface area (Å²) in [6.45, 7) is 4.16. The molecule has 5 aromatic rings. The van der Waals surface area contributed by atoms with Crippen LogP contribution in [0.2, 0.25) is 0 Å². The summed E-state index contributed by atoms with van der Waals surface area (Å²) in [5.74, 6) is -0.0785. The molecule has 0 bridgehead atoms. The maximum Gasteiger partial charge on any atom is 0.251 e. The van der Waals surface area contributed by atoms with Crippen LogP contribution in [0.1, 0.15) is 51.5 Å². The van der Waals surface area contributed by atoms with Crippen LogP contribution in [0.25, 0.3) is 33.5 Å². The number of benzene rings is 4. The minimum absolute atomic E-state index is 0.0331. The summed E-state index contributed by atoms with van der Waals surface area (Å²) in [6.07, 6.45) is 3.10. The lowest BCUT2D eigenvalue weighted by Gasteiger charge is -2.26. The number of amides is 1. The van der Waals surface area contributed by atoms with Gasteiger partial charge in [-0.25, -0.2) is 9.97 Å². The number of hydrogen-bond acceptors (Lipinski definition) is 3. The molecule has 1 aliphatic carbocycles. The minimum atomic E-state index is -0.0785. The Kier molecular flexibility index (Phi) is 6.01. The van der Waals surface area contributed by atoms with Crippen molar-refractivity contribution in [1.82, 2.24) is 15.3 Å². The van der Waals surface area contributed by atoms with Gasteiger partial charge in [-0.05, 0) is 74.6 Å². The molecular formula is C33H29N3O. The van der Waals surface area contributed by atoms with E-state index < -0.39 is 0 Å². The third kappa shape index (κ3) is 4.63. The van der Waals surface area contributed by atoms with E-state index in [0.717, 1.165) is 52.9 Å². The topological polar surface area (TPSA) is 54.9 Å². The fourth-order valence-corrected chi connectivity index (χ4v) is 5.33. The van der Waals surface area contributed by atoms with Crippen molar-refractivity contribution >= 4 is 16.9 Å². The highest BCUT2D eigenvalue weighted by molar-refractivity contribution is 5.98. The van der Waals surface area contributed by atoms with Gasteiger partial charge in [0, 0.05) is 16.7 Å². The molecule has 0 fully saturated rings. The highest BCUT2D eigenvalue weighted by Crippen LogP contribution is 2.33. The number of nitrogens with one attached hydrogen (secondary N) is 1. The molecule has 0 radical (unpaired) electrons. The number of hydrogen-bond donors (Lipinski definition) is 1. The Labute approximate surface area is 217 Å². The van der Waals surface area contributed by atoms with Gasteiger partial charge in [0.1, 0.15) is 0 Å². The van der Waals surface area contributed by atoms with Crippen molar-refractivity contribution < 1.29 is 4.79 Å². The second-order valence-corrected chi connectivity index (χ2v) is 9.98. The number of nitrogens with zero attached hydrogens (tertiary/aromatic N) is 2. The molecule has 0 aliphatic heterocycles. The standard InChI is InChI=1S/C33H29N3O/c1-21-8-5-12-24(18-21)31-32(25-13-6-9-22(2)19-25)35-30-20-26(16-17-29(30)34-31)33(37)36-28-15-7-11-23-10-3-4-14-27(23)28/h3-6,8-10,12-14,16-20,28H,7,11,15H2,1-2H3,(H,36,37)/t28-/m0/s1. The molecule has 0 saturated carbocycles. The molecule has 1 atom stereocenters. The Morgan fingerprint density at radius 2 is 1.43 bits per heavy atom. The molecule has 0 saturated heterocycles. The lowest BCUT2D eigenvalue weighted by Crippen LogP contribution is -2.30. The highest BCUT2D eigenvalue weighted by atomic mass is 16.1. The van der Waals surface area contributed by atoms with E-state index in [0.29, 0.717) is 11.1 Å². The van der Waals surface area contributed by atoms with Crippen LogP contribution in [-0.4, -0.2) is 15.9 Å². The minimum Gasteiger partial charge on any atom is -0.345 e. The molecule has 4 heteroatoms. The first-order valence-electron chi connectivity index (χ1n) is 12.9. The van der Waals surface area contributed by atoms with Crippen molar-refractivity contribution in [2.45, 2.75) is 39.2 Å². The van der Waals surface area contributed by atoms with Gasteiger partial charge in [-0.1, -0.05) is 71.8 Å². The SMILES string of the molecule is Cc1cccc(-c2nc3ccc(C(=O)N[C@H]4CCCc5ccccc54)cc3nc2-c2cccc(C)c2)c1. The Bertz CT molecular complexity index is 1640. The fourth-order valence-electron chi connectivity index (χ4n) is 5.33. The Balaban J connectivity index is 1.41. The fraction of sp³-hybridized carbons (Fsp3) is 0.182. The second-order valence-electron chi connectivity index (χ2n) is 9.98. The molecule has 1 N–H and O–H groups in total. The Morgan fingerprint density at radius 1 is 0.757 bits per heavy atom. The summed E-state index contributed by atoms with van der Waals surface area (Å²) in [5.41, 5.74) is 10.7. The molecule has 4 nitrogen and oxygen atoms in total. The van der Waals surface area contributed by atoms with Crippen molar-refractivity contribution in [3.63, 3.8) is 0 Å². The number of aryl methyl sites for hydroxylation is 3. The van der Waals surface area contributed by atoms with Gasteiger partial charge < -0.3 is 5.32 Å². The van der Waals surface area contributed by atoms with Crippen LogP contribution in [0.15, 0.2) is 91.0 Å². The van der Waals surface area contributed by atoms with E-state index in [-0.39, 0.29) is 11.9 Å². The first-order valence-corrected chi connectivity index (χ1v) is 12.9. The van der Waals surface area contributed by atoms with E-state index >= 15 is 0 Å². The third-order valence-electron chi connectivity index (χ3n) is 7.18. The zero-order valence-corrected chi connectivity index (χ0v) is 21.2. The summed E-state index contributed by atoms with van der Waals surface area (Å²) >= 11 is 0. The van der Waals surface area contributed by atoms with Crippen LogP contribution in [0.3, 0.4) is 0 Å². The van der Waals surface area contributed by atoms with E-state index in [9.17, 15) is 4.79 Å². The quantitative estimate of drug-likeness (QED) is 0.290. The van der Waals surface area contributed by atoms with Crippen molar-refractivity contribution in [1.29, 1.82) is 0 Å². The predicted octanol–water partition coefficient (Wildman–Crippen LogP) is 7.39. The molecule has 182 valence electrons. The highest BCUT2D eigenvalue weighted by Gasteiger charge is 2.22. The first kappa shape index (κ1) is 23.1. The van der Waals surface area contributed by atoms with Crippen molar-refractivity contribution in [3.8, 4) is 22.5 Å². The number of aromatic nitrogens is 2. The summed E-state index contributed by atoms with van der Waals surface area (Å²) in [4.78, 5) is 23.5. The Morgan fingerprint density at radius 3 is 2.14 bits per heavy atom. The molecule has 0 spiro atoms. The molecule has 1 heterocycles. The number of carbonyl (C=O) groups is 1. The van der Waals surface area contributed by atoms with Crippen LogP contribution in [0, 0.1) is 13.8 Å². The summed E-state index contributed by atoms with van der Waals surface area (Å²) in [7, 11) is 0. The van der Waals surface area contributed by atoms with Crippen LogP contribution >= 0.6 is 0 Å². The van der Waals surface area contributed by atoms with Gasteiger partial charge in [-0.15, -0.1) is 0 Å². The van der Waals surface area contributed by atoms with E-state index in [1.807, 2.05) is 36.4 Å². The van der Waals surface area contributed by atoms with Gasteiger partial charge >= 0.3 is 0 Å². The number of rotatable bonds is 4. The normalized spacial score (nSPS) is 14.8. The molecule has 1 aromatic heterocycles. The smallest absolute Gasteiger partial charge is 0.251 e. The molecule has 37 heavy (non-hydrogen) atoms. The van der Waals surface area contributed by atoms with Crippen LogP contribution < -0.4 is 5.32 Å². The van der Waals surface area contributed by atoms with E-state index in [1.165, 1.54) is 16.7 Å². The van der Waals surface area contributed by atoms with Crippen molar-refractivity contribution in [2.24, 2.45) is 0 Å². The lowest BCUT2D eigenvalue weighted by atomic mass is 9.87. The first-order chi connectivity index (χ1) is 18.0. The maximum atomic E-state index is 13.3. The zero-order valence-electron chi connectivity index (χ0n) is 21.2. The third-order valence-corrected chi connectivity index (χ3v) is 7.18. The average molecular weight is 484 g/mol. The number of carbonyl (C=O) groups excluding carboxylic acids is 1. The lowest BCUT2D eigenvalue weighted by molar-refractivity contribution is 0.0933. The number of fused-ring (bicyclic) bond motifs is 2. The van der Waals surface area contributed by atoms with Crippen molar-refractivity contribution in [2.75, 3.05) is 0 Å². The second kappa shape index (κ2) is 9.62. The Hall–Kier alpha value is -4.31. The van der Waals surface area contributed by atoms with Crippen molar-refractivity contribution in [3.05, 3.63) is 119 Å². The van der Waals surface area contributed by atoms with Gasteiger partial charge in [0.2, 0.25) is 0 Å². The van der Waals surface area contributed by atoms with Gasteiger partial charge in [0.05, 0.1) is 28.5 Å². The summed E-state index contributed by atoms with van der Waals surface area (Å²) in [6, 6.07) is 30.7. The molecule has 6 rings (SSSR count). The zero-order chi connectivity index (χ0) is 25.4. The van der Waals surface area contributed by atoms with Crippen LogP contribution in [0.4, 0.5) is 0 Å². The van der Waals surface area contributed by atoms with Gasteiger partial charge in [0.25, 0.3) is 5.91 Å². The van der Waals surface area contributed by atoms with Gasteiger partial charge in [0.15, 0.2) is 0 Å². The molecule has 4 aromatic carbocycles. The van der Waals surface area contributed by atoms with E-state index in [2.05, 4.69) is 73.8 Å². The van der Waals surface area contributed by atoms with E-state index in [1.54, 1.807) is 0 Å². The summed E-state index contributed by atoms with van der Waals surface area (Å²) in [5, 5.41) is 3.27. The average Bonchev–Trinajstić information content (AvgIpc) is 2.92. The predicted molar refractivity (Wildman–Crippen MR) is 149 cm³/mol. The van der Waals surface area contributed by atoms with Crippen LogP contribution in [-0.2, 0) is 6.42 Å². The molecule has 0 unspecified atom stereocenters. The monoisotopic (exact) mass is 483 g/mol.